The highest BCUT2D eigenvalue weighted by Gasteiger charge is 2.36. The molecule has 32 heavy (non-hydrogen) atoms. The van der Waals surface area contributed by atoms with Gasteiger partial charge in [0.15, 0.2) is 0 Å². The SMILES string of the molecule is O=C(O)C(c1ccccc1)N1CCC(CN2CCC(O)(CCCc3ccccc3)CC2)C1. The van der Waals surface area contributed by atoms with Gasteiger partial charge in [-0.1, -0.05) is 60.7 Å². The molecule has 172 valence electrons. The average Bonchev–Trinajstić information content (AvgIpc) is 3.24. The van der Waals surface area contributed by atoms with Crippen molar-refractivity contribution in [2.24, 2.45) is 5.92 Å². The van der Waals surface area contributed by atoms with Crippen molar-refractivity contribution in [1.82, 2.24) is 9.80 Å². The zero-order chi connectivity index (χ0) is 22.4. The van der Waals surface area contributed by atoms with Crippen molar-refractivity contribution < 1.29 is 15.0 Å². The Morgan fingerprint density at radius 2 is 1.66 bits per heavy atom. The van der Waals surface area contributed by atoms with Gasteiger partial charge in [0.25, 0.3) is 0 Å². The largest absolute Gasteiger partial charge is 0.480 e. The second kappa shape index (κ2) is 10.6. The predicted octanol–water partition coefficient (Wildman–Crippen LogP) is 3.98. The van der Waals surface area contributed by atoms with Crippen molar-refractivity contribution >= 4 is 5.97 Å². The topological polar surface area (TPSA) is 64.0 Å². The number of carboxylic acids is 1. The Morgan fingerprint density at radius 3 is 2.31 bits per heavy atom. The number of carbonyl (C=O) groups is 1. The van der Waals surface area contributed by atoms with Crippen LogP contribution in [0.2, 0.25) is 0 Å². The summed E-state index contributed by atoms with van der Waals surface area (Å²) >= 11 is 0. The minimum absolute atomic E-state index is 0.491. The quantitative estimate of drug-likeness (QED) is 0.622. The van der Waals surface area contributed by atoms with E-state index in [-0.39, 0.29) is 0 Å². The van der Waals surface area contributed by atoms with Gasteiger partial charge in [-0.05, 0) is 62.1 Å². The van der Waals surface area contributed by atoms with E-state index in [4.69, 9.17) is 0 Å². The predicted molar refractivity (Wildman–Crippen MR) is 127 cm³/mol. The van der Waals surface area contributed by atoms with Crippen LogP contribution in [-0.2, 0) is 11.2 Å². The molecule has 0 saturated carbocycles. The third-order valence-electron chi connectivity index (χ3n) is 7.29. The molecule has 2 aliphatic rings. The number of aliphatic carboxylic acids is 1. The van der Waals surface area contributed by atoms with Gasteiger partial charge < -0.3 is 15.1 Å². The molecule has 0 aliphatic carbocycles. The van der Waals surface area contributed by atoms with Crippen molar-refractivity contribution in [3.8, 4) is 0 Å². The fourth-order valence-corrected chi connectivity index (χ4v) is 5.42. The van der Waals surface area contributed by atoms with E-state index in [9.17, 15) is 15.0 Å². The Morgan fingerprint density at radius 1 is 1.00 bits per heavy atom. The first-order valence-corrected chi connectivity index (χ1v) is 12.0. The number of hydrogen-bond acceptors (Lipinski definition) is 4. The maximum absolute atomic E-state index is 12.0. The van der Waals surface area contributed by atoms with E-state index in [1.54, 1.807) is 0 Å². The van der Waals surface area contributed by atoms with Gasteiger partial charge in [0.2, 0.25) is 0 Å². The van der Waals surface area contributed by atoms with Gasteiger partial charge in [-0.25, -0.2) is 0 Å². The Balaban J connectivity index is 1.22. The standard InChI is InChI=1S/C27H36N2O3/c30-26(31)25(24-11-5-2-6-12-24)29-17-13-23(21-29)20-28-18-15-27(32,16-19-28)14-7-10-22-8-3-1-4-9-22/h1-6,8-9,11-12,23,25,32H,7,10,13-21H2,(H,30,31). The zero-order valence-electron chi connectivity index (χ0n) is 18.9. The lowest BCUT2D eigenvalue weighted by Gasteiger charge is -2.39. The summed E-state index contributed by atoms with van der Waals surface area (Å²) in [5.74, 6) is -0.278. The Kier molecular flexibility index (Phi) is 7.61. The molecule has 2 saturated heterocycles. The van der Waals surface area contributed by atoms with Crippen molar-refractivity contribution in [3.05, 3.63) is 71.8 Å². The molecule has 2 aliphatic heterocycles. The highest BCUT2D eigenvalue weighted by Crippen LogP contribution is 2.31. The number of rotatable bonds is 9. The van der Waals surface area contributed by atoms with E-state index in [1.165, 1.54) is 5.56 Å². The molecule has 5 heteroatoms. The second-order valence-corrected chi connectivity index (χ2v) is 9.67. The lowest BCUT2D eigenvalue weighted by atomic mass is 9.85. The number of nitrogens with zero attached hydrogens (tertiary/aromatic N) is 2. The van der Waals surface area contributed by atoms with Crippen LogP contribution in [0.4, 0.5) is 0 Å². The first-order chi connectivity index (χ1) is 15.5. The van der Waals surface area contributed by atoms with Crippen molar-refractivity contribution in [1.29, 1.82) is 0 Å². The maximum Gasteiger partial charge on any atom is 0.325 e. The van der Waals surface area contributed by atoms with Crippen LogP contribution in [0.1, 0.15) is 49.3 Å². The fourth-order valence-electron chi connectivity index (χ4n) is 5.42. The molecule has 2 unspecified atom stereocenters. The molecular weight excluding hydrogens is 400 g/mol. The van der Waals surface area contributed by atoms with Gasteiger partial charge in [-0.15, -0.1) is 0 Å². The van der Waals surface area contributed by atoms with Gasteiger partial charge >= 0.3 is 5.97 Å². The summed E-state index contributed by atoms with van der Waals surface area (Å²) < 4.78 is 0. The van der Waals surface area contributed by atoms with Crippen LogP contribution in [0.5, 0.6) is 0 Å². The van der Waals surface area contributed by atoms with Crippen LogP contribution in [-0.4, -0.2) is 64.3 Å². The van der Waals surface area contributed by atoms with Crippen molar-refractivity contribution in [3.63, 3.8) is 0 Å². The van der Waals surface area contributed by atoms with Crippen LogP contribution in [0.25, 0.3) is 0 Å². The minimum Gasteiger partial charge on any atom is -0.480 e. The molecule has 0 aromatic heterocycles. The molecule has 0 bridgehead atoms. The molecule has 0 spiro atoms. The number of piperidine rings is 1. The molecular formula is C27H36N2O3. The summed E-state index contributed by atoms with van der Waals surface area (Å²) in [5, 5.41) is 20.8. The van der Waals surface area contributed by atoms with Crippen LogP contribution in [0, 0.1) is 5.92 Å². The molecule has 0 radical (unpaired) electrons. The number of likely N-dealkylation sites (tertiary alicyclic amines) is 2. The summed E-state index contributed by atoms with van der Waals surface area (Å²) in [7, 11) is 0. The number of aryl methyl sites for hydroxylation is 1. The van der Waals surface area contributed by atoms with Gasteiger partial charge in [0, 0.05) is 26.2 Å². The van der Waals surface area contributed by atoms with Crippen LogP contribution in [0.3, 0.4) is 0 Å². The number of aliphatic hydroxyl groups is 1. The number of carboxylic acid groups (broad SMARTS) is 1. The van der Waals surface area contributed by atoms with Crippen molar-refractivity contribution in [2.75, 3.05) is 32.7 Å². The lowest BCUT2D eigenvalue weighted by molar-refractivity contribution is -0.143. The monoisotopic (exact) mass is 436 g/mol. The van der Waals surface area contributed by atoms with E-state index in [0.717, 1.165) is 76.8 Å². The second-order valence-electron chi connectivity index (χ2n) is 9.67. The first kappa shape index (κ1) is 23.0. The maximum atomic E-state index is 12.0. The average molecular weight is 437 g/mol. The molecule has 2 atom stereocenters. The third-order valence-corrected chi connectivity index (χ3v) is 7.29. The Hall–Kier alpha value is -2.21. The highest BCUT2D eigenvalue weighted by atomic mass is 16.4. The minimum atomic E-state index is -0.768. The molecule has 2 fully saturated rings. The molecule has 4 rings (SSSR count). The number of benzene rings is 2. The smallest absolute Gasteiger partial charge is 0.325 e. The van der Waals surface area contributed by atoms with Crippen LogP contribution < -0.4 is 0 Å². The zero-order valence-corrected chi connectivity index (χ0v) is 18.9. The normalized spacial score (nSPS) is 22.6. The van der Waals surface area contributed by atoms with E-state index in [0.29, 0.717) is 5.92 Å². The van der Waals surface area contributed by atoms with E-state index in [2.05, 4.69) is 34.1 Å². The van der Waals surface area contributed by atoms with Crippen molar-refractivity contribution in [2.45, 2.75) is 50.2 Å². The molecule has 2 aromatic carbocycles. The van der Waals surface area contributed by atoms with Gasteiger partial charge in [-0.2, -0.15) is 0 Å². The summed E-state index contributed by atoms with van der Waals surface area (Å²) in [6.45, 7) is 4.51. The molecule has 2 N–H and O–H groups in total. The molecule has 2 aromatic rings. The van der Waals surface area contributed by atoms with E-state index < -0.39 is 17.6 Å². The van der Waals surface area contributed by atoms with Gasteiger partial charge in [0.05, 0.1) is 5.60 Å². The van der Waals surface area contributed by atoms with Crippen LogP contribution >= 0.6 is 0 Å². The first-order valence-electron chi connectivity index (χ1n) is 12.0. The van der Waals surface area contributed by atoms with Crippen LogP contribution in [0.15, 0.2) is 60.7 Å². The Bertz CT molecular complexity index is 850. The summed E-state index contributed by atoms with van der Waals surface area (Å²) in [4.78, 5) is 16.5. The summed E-state index contributed by atoms with van der Waals surface area (Å²) in [6, 6.07) is 19.5. The summed E-state index contributed by atoms with van der Waals surface area (Å²) in [5.41, 5.74) is 1.67. The highest BCUT2D eigenvalue weighted by molar-refractivity contribution is 5.75. The molecule has 0 amide bonds. The Labute approximate surface area is 191 Å². The third kappa shape index (κ3) is 5.97. The lowest BCUT2D eigenvalue weighted by Crippen LogP contribution is -2.46. The molecule has 5 nitrogen and oxygen atoms in total. The van der Waals surface area contributed by atoms with Gasteiger partial charge in [-0.3, -0.25) is 9.69 Å². The van der Waals surface area contributed by atoms with E-state index >= 15 is 0 Å². The molecule has 2 heterocycles. The number of hydrogen-bond donors (Lipinski definition) is 2. The fraction of sp³-hybridized carbons (Fsp3) is 0.519. The van der Waals surface area contributed by atoms with Gasteiger partial charge in [0.1, 0.15) is 6.04 Å². The van der Waals surface area contributed by atoms with E-state index in [1.807, 2.05) is 36.4 Å². The summed E-state index contributed by atoms with van der Waals surface area (Å²) in [6.07, 6.45) is 5.61.